The minimum absolute atomic E-state index is 0.382. The van der Waals surface area contributed by atoms with Crippen LogP contribution in [0.4, 0.5) is 13.2 Å². The quantitative estimate of drug-likeness (QED) is 0.315. The third-order valence-electron chi connectivity index (χ3n) is 4.68. The summed E-state index contributed by atoms with van der Waals surface area (Å²) in [5.74, 6) is 0.669. The van der Waals surface area contributed by atoms with Gasteiger partial charge in [0, 0.05) is 16.6 Å². The zero-order chi connectivity index (χ0) is 21.3. The van der Waals surface area contributed by atoms with Gasteiger partial charge in [0.05, 0.1) is 16.6 Å². The van der Waals surface area contributed by atoms with E-state index in [0.29, 0.717) is 22.4 Å². The van der Waals surface area contributed by atoms with E-state index >= 15 is 0 Å². The molecule has 0 amide bonds. The fourth-order valence-electron chi connectivity index (χ4n) is 3.17. The lowest BCUT2D eigenvalue weighted by molar-refractivity contribution is -0.137. The highest BCUT2D eigenvalue weighted by molar-refractivity contribution is 6.35. The summed E-state index contributed by atoms with van der Waals surface area (Å²) < 4.78 is 40.5. The van der Waals surface area contributed by atoms with E-state index in [1.54, 1.807) is 12.1 Å². The molecule has 1 aromatic heterocycles. The summed E-state index contributed by atoms with van der Waals surface area (Å²) in [6.07, 6.45) is -0.686. The van der Waals surface area contributed by atoms with Gasteiger partial charge >= 0.3 is 6.18 Å². The third kappa shape index (κ3) is 4.37. The molecule has 0 spiro atoms. The summed E-state index contributed by atoms with van der Waals surface area (Å²) in [7, 11) is 0. The molecule has 3 aromatic carbocycles. The van der Waals surface area contributed by atoms with Gasteiger partial charge in [-0.3, -0.25) is 0 Å². The minimum atomic E-state index is -4.36. The molecule has 0 N–H and O–H groups in total. The SMILES string of the molecule is FC(F)(F)c1ccc(Cn2c(/C=C/c3ccc(Cl)cc3Cl)nc3ccccc32)cc1. The van der Waals surface area contributed by atoms with Crippen LogP contribution < -0.4 is 0 Å². The van der Waals surface area contributed by atoms with Crippen LogP contribution in [0.2, 0.25) is 10.0 Å². The summed E-state index contributed by atoms with van der Waals surface area (Å²) in [4.78, 5) is 4.65. The second kappa shape index (κ2) is 8.17. The van der Waals surface area contributed by atoms with Crippen molar-refractivity contribution in [3.05, 3.63) is 99.3 Å². The van der Waals surface area contributed by atoms with Crippen molar-refractivity contribution in [3.63, 3.8) is 0 Å². The zero-order valence-corrected chi connectivity index (χ0v) is 17.0. The van der Waals surface area contributed by atoms with Gasteiger partial charge in [0.1, 0.15) is 5.82 Å². The number of hydrogen-bond acceptors (Lipinski definition) is 1. The Kier molecular flexibility index (Phi) is 5.58. The molecule has 4 rings (SSSR count). The van der Waals surface area contributed by atoms with Crippen LogP contribution in [0, 0.1) is 0 Å². The molecular weight excluding hydrogens is 432 g/mol. The van der Waals surface area contributed by atoms with Crippen molar-refractivity contribution in [2.45, 2.75) is 12.7 Å². The summed E-state index contributed by atoms with van der Waals surface area (Å²) in [6.45, 7) is 0.382. The molecule has 0 radical (unpaired) electrons. The molecule has 0 saturated heterocycles. The maximum absolute atomic E-state index is 12.8. The van der Waals surface area contributed by atoms with E-state index < -0.39 is 11.7 Å². The van der Waals surface area contributed by atoms with Crippen LogP contribution in [0.1, 0.15) is 22.5 Å². The summed E-state index contributed by atoms with van der Waals surface area (Å²) in [5, 5.41) is 1.07. The highest BCUT2D eigenvalue weighted by atomic mass is 35.5. The van der Waals surface area contributed by atoms with Crippen molar-refractivity contribution in [3.8, 4) is 0 Å². The zero-order valence-electron chi connectivity index (χ0n) is 15.5. The van der Waals surface area contributed by atoms with Crippen LogP contribution in [-0.2, 0) is 12.7 Å². The molecule has 0 bridgehead atoms. The van der Waals surface area contributed by atoms with Crippen LogP contribution in [-0.4, -0.2) is 9.55 Å². The number of imidazole rings is 1. The number of halogens is 5. The first-order chi connectivity index (χ1) is 14.3. The maximum atomic E-state index is 12.8. The van der Waals surface area contributed by atoms with Gasteiger partial charge in [-0.05, 0) is 59.7 Å². The number of alkyl halides is 3. The Morgan fingerprint density at radius 3 is 2.33 bits per heavy atom. The second-order valence-corrected chi connectivity index (χ2v) is 7.58. The Morgan fingerprint density at radius 2 is 1.63 bits per heavy atom. The fourth-order valence-corrected chi connectivity index (χ4v) is 3.64. The lowest BCUT2D eigenvalue weighted by Gasteiger charge is -2.10. The highest BCUT2D eigenvalue weighted by Crippen LogP contribution is 2.30. The van der Waals surface area contributed by atoms with Gasteiger partial charge in [-0.1, -0.05) is 53.5 Å². The predicted octanol–water partition coefficient (Wildman–Crippen LogP) is 7.58. The normalized spacial score (nSPS) is 12.2. The number of aromatic nitrogens is 2. The standard InChI is InChI=1S/C23H15Cl2F3N2/c24-18-11-7-16(19(25)13-18)8-12-22-29-20-3-1-2-4-21(20)30(22)14-15-5-9-17(10-6-15)23(26,27)28/h1-13H,14H2/b12-8+. The van der Waals surface area contributed by atoms with Gasteiger partial charge < -0.3 is 4.57 Å². The van der Waals surface area contributed by atoms with E-state index in [1.165, 1.54) is 12.1 Å². The van der Waals surface area contributed by atoms with Crippen molar-refractivity contribution < 1.29 is 13.2 Å². The van der Waals surface area contributed by atoms with Gasteiger partial charge in [-0.15, -0.1) is 0 Å². The van der Waals surface area contributed by atoms with Crippen LogP contribution in [0.25, 0.3) is 23.2 Å². The smallest absolute Gasteiger partial charge is 0.320 e. The average Bonchev–Trinajstić information content (AvgIpc) is 3.05. The molecule has 4 aromatic rings. The van der Waals surface area contributed by atoms with Crippen molar-refractivity contribution >= 4 is 46.4 Å². The monoisotopic (exact) mass is 446 g/mol. The molecule has 7 heteroatoms. The minimum Gasteiger partial charge on any atom is -0.320 e. The molecule has 0 unspecified atom stereocenters. The Morgan fingerprint density at radius 1 is 0.900 bits per heavy atom. The Hall–Kier alpha value is -2.76. The van der Waals surface area contributed by atoms with Crippen LogP contribution in [0.3, 0.4) is 0 Å². The maximum Gasteiger partial charge on any atom is 0.416 e. The Bertz CT molecular complexity index is 1230. The van der Waals surface area contributed by atoms with E-state index in [0.717, 1.165) is 34.3 Å². The Balaban J connectivity index is 1.71. The van der Waals surface area contributed by atoms with Crippen molar-refractivity contribution in [2.75, 3.05) is 0 Å². The predicted molar refractivity (Wildman–Crippen MR) is 116 cm³/mol. The molecule has 0 fully saturated rings. The van der Waals surface area contributed by atoms with Gasteiger partial charge in [-0.2, -0.15) is 13.2 Å². The summed E-state index contributed by atoms with van der Waals surface area (Å²) in [6, 6.07) is 18.0. The third-order valence-corrected chi connectivity index (χ3v) is 5.24. The number of para-hydroxylation sites is 2. The molecular formula is C23H15Cl2F3N2. The lowest BCUT2D eigenvalue weighted by Crippen LogP contribution is -2.06. The van der Waals surface area contributed by atoms with Crippen LogP contribution in [0.5, 0.6) is 0 Å². The van der Waals surface area contributed by atoms with Gasteiger partial charge in [0.25, 0.3) is 0 Å². The second-order valence-electron chi connectivity index (χ2n) is 6.74. The molecule has 1 heterocycles. The average molecular weight is 447 g/mol. The van der Waals surface area contributed by atoms with E-state index in [-0.39, 0.29) is 0 Å². The molecule has 0 aliphatic heterocycles. The first-order valence-corrected chi connectivity index (χ1v) is 9.81. The molecule has 0 aliphatic rings. The lowest BCUT2D eigenvalue weighted by atomic mass is 10.1. The van der Waals surface area contributed by atoms with E-state index in [2.05, 4.69) is 4.98 Å². The number of nitrogens with zero attached hydrogens (tertiary/aromatic N) is 2. The van der Waals surface area contributed by atoms with E-state index in [4.69, 9.17) is 23.2 Å². The molecule has 0 saturated carbocycles. The van der Waals surface area contributed by atoms with Crippen molar-refractivity contribution in [2.24, 2.45) is 0 Å². The molecule has 30 heavy (non-hydrogen) atoms. The summed E-state index contributed by atoms with van der Waals surface area (Å²) >= 11 is 12.2. The van der Waals surface area contributed by atoms with Gasteiger partial charge in [0.2, 0.25) is 0 Å². The number of fused-ring (bicyclic) bond motifs is 1. The van der Waals surface area contributed by atoms with Crippen LogP contribution in [0.15, 0.2) is 66.7 Å². The first kappa shape index (κ1) is 20.5. The Labute approximate surface area is 181 Å². The van der Waals surface area contributed by atoms with Gasteiger partial charge in [-0.25, -0.2) is 4.98 Å². The van der Waals surface area contributed by atoms with Gasteiger partial charge in [0.15, 0.2) is 0 Å². The largest absolute Gasteiger partial charge is 0.416 e. The summed E-state index contributed by atoms with van der Waals surface area (Å²) in [5.41, 5.74) is 2.55. The molecule has 0 aliphatic carbocycles. The molecule has 0 atom stereocenters. The van der Waals surface area contributed by atoms with Crippen LogP contribution >= 0.6 is 23.2 Å². The van der Waals surface area contributed by atoms with E-state index in [1.807, 2.05) is 47.1 Å². The van der Waals surface area contributed by atoms with Crippen molar-refractivity contribution in [1.82, 2.24) is 9.55 Å². The fraction of sp³-hybridized carbons (Fsp3) is 0.0870. The van der Waals surface area contributed by atoms with E-state index in [9.17, 15) is 13.2 Å². The topological polar surface area (TPSA) is 17.8 Å². The number of rotatable bonds is 4. The number of hydrogen-bond donors (Lipinski definition) is 0. The highest BCUT2D eigenvalue weighted by Gasteiger charge is 2.29. The van der Waals surface area contributed by atoms with Crippen molar-refractivity contribution in [1.29, 1.82) is 0 Å². The number of benzene rings is 3. The molecule has 2 nitrogen and oxygen atoms in total. The molecule has 152 valence electrons. The first-order valence-electron chi connectivity index (χ1n) is 9.06.